The van der Waals surface area contributed by atoms with Gasteiger partial charge in [0, 0.05) is 11.4 Å². The number of para-hydroxylation sites is 1. The second-order valence-corrected chi connectivity index (χ2v) is 6.02. The average molecular weight is 375 g/mol. The topological polar surface area (TPSA) is 79.5 Å². The van der Waals surface area contributed by atoms with Crippen molar-refractivity contribution in [1.29, 1.82) is 0 Å². The van der Waals surface area contributed by atoms with Crippen LogP contribution in [0, 0.1) is 0 Å². The molecule has 0 heterocycles. The Bertz CT molecular complexity index is 897. The predicted octanol–water partition coefficient (Wildman–Crippen LogP) is 4.03. The van der Waals surface area contributed by atoms with Crippen LogP contribution in [0.25, 0.3) is 0 Å². The van der Waals surface area contributed by atoms with Crippen molar-refractivity contribution in [3.63, 3.8) is 0 Å². The summed E-state index contributed by atoms with van der Waals surface area (Å²) in [5.41, 5.74) is 2.37. The number of rotatable bonds is 7. The van der Waals surface area contributed by atoms with Crippen molar-refractivity contribution in [3.8, 4) is 5.75 Å². The molecule has 0 aliphatic rings. The third-order valence-corrected chi connectivity index (χ3v) is 3.83. The Kier molecular flexibility index (Phi) is 6.62. The molecule has 0 spiro atoms. The van der Waals surface area contributed by atoms with E-state index < -0.39 is 6.03 Å². The zero-order valence-corrected chi connectivity index (χ0v) is 15.2. The van der Waals surface area contributed by atoms with Crippen LogP contribution in [0.15, 0.2) is 84.9 Å². The lowest BCUT2D eigenvalue weighted by Crippen LogP contribution is -2.35. The van der Waals surface area contributed by atoms with Gasteiger partial charge in [0.1, 0.15) is 12.4 Å². The first-order valence-corrected chi connectivity index (χ1v) is 8.85. The minimum absolute atomic E-state index is 0.134. The van der Waals surface area contributed by atoms with E-state index in [0.29, 0.717) is 23.7 Å². The first-order chi connectivity index (χ1) is 13.7. The van der Waals surface area contributed by atoms with Gasteiger partial charge in [0.25, 0.3) is 0 Å². The zero-order chi connectivity index (χ0) is 19.6. The third kappa shape index (κ3) is 6.17. The molecule has 6 nitrogen and oxygen atoms in total. The Morgan fingerprint density at radius 2 is 1.32 bits per heavy atom. The fraction of sp³-hybridized carbons (Fsp3) is 0.0909. The molecule has 0 aliphatic heterocycles. The molecule has 0 bridgehead atoms. The number of nitrogens with one attached hydrogen (secondary N) is 3. The van der Waals surface area contributed by atoms with Gasteiger partial charge in [0.05, 0.1) is 6.54 Å². The van der Waals surface area contributed by atoms with Gasteiger partial charge < -0.3 is 20.7 Å². The highest BCUT2D eigenvalue weighted by molar-refractivity contribution is 5.96. The van der Waals surface area contributed by atoms with Gasteiger partial charge in [-0.15, -0.1) is 0 Å². The summed E-state index contributed by atoms with van der Waals surface area (Å²) in [6.45, 7) is 0.345. The monoisotopic (exact) mass is 375 g/mol. The Morgan fingerprint density at radius 3 is 2.00 bits per heavy atom. The van der Waals surface area contributed by atoms with Gasteiger partial charge in [0.2, 0.25) is 5.91 Å². The van der Waals surface area contributed by atoms with E-state index in [0.717, 1.165) is 5.56 Å². The van der Waals surface area contributed by atoms with Crippen LogP contribution in [0.2, 0.25) is 0 Å². The smallest absolute Gasteiger partial charge is 0.319 e. The fourth-order valence-electron chi connectivity index (χ4n) is 2.44. The molecule has 3 rings (SSSR count). The van der Waals surface area contributed by atoms with Gasteiger partial charge in [-0.25, -0.2) is 4.79 Å². The lowest BCUT2D eigenvalue weighted by Gasteiger charge is -2.10. The van der Waals surface area contributed by atoms with Crippen LogP contribution in [0.5, 0.6) is 5.75 Å². The van der Waals surface area contributed by atoms with Gasteiger partial charge in [-0.1, -0.05) is 48.5 Å². The Labute approximate surface area is 163 Å². The molecule has 0 saturated heterocycles. The van der Waals surface area contributed by atoms with Crippen molar-refractivity contribution >= 4 is 23.3 Å². The molecule has 0 saturated carbocycles. The number of ether oxygens (including phenoxy) is 1. The van der Waals surface area contributed by atoms with Crippen LogP contribution in [0.4, 0.5) is 16.2 Å². The van der Waals surface area contributed by atoms with Crippen molar-refractivity contribution in [3.05, 3.63) is 90.5 Å². The van der Waals surface area contributed by atoms with E-state index in [1.807, 2.05) is 48.5 Å². The maximum absolute atomic E-state index is 12.0. The Hall–Kier alpha value is -3.80. The summed E-state index contributed by atoms with van der Waals surface area (Å²) in [6, 6.07) is 25.5. The van der Waals surface area contributed by atoms with Gasteiger partial charge in [-0.3, -0.25) is 4.79 Å². The van der Waals surface area contributed by atoms with E-state index in [4.69, 9.17) is 4.74 Å². The van der Waals surface area contributed by atoms with Crippen LogP contribution >= 0.6 is 0 Å². The second-order valence-electron chi connectivity index (χ2n) is 6.02. The first-order valence-electron chi connectivity index (χ1n) is 8.85. The van der Waals surface area contributed by atoms with Crippen molar-refractivity contribution < 1.29 is 14.3 Å². The summed E-state index contributed by atoms with van der Waals surface area (Å²) in [5, 5.41) is 7.89. The number of hydrogen-bond acceptors (Lipinski definition) is 3. The van der Waals surface area contributed by atoms with Crippen LogP contribution in [0.3, 0.4) is 0 Å². The molecule has 6 heteroatoms. The van der Waals surface area contributed by atoms with Crippen LogP contribution in [-0.2, 0) is 11.4 Å². The Morgan fingerprint density at radius 1 is 0.714 bits per heavy atom. The standard InChI is InChI=1S/C22H21N3O3/c26-21(15-23-22(27)25-18-9-5-2-6-10-18)24-19-11-13-20(14-12-19)28-16-17-7-3-1-4-8-17/h1-14H,15-16H2,(H,24,26)(H2,23,25,27). The summed E-state index contributed by atoms with van der Waals surface area (Å²) in [5.74, 6) is 0.392. The molecule has 0 atom stereocenters. The second kappa shape index (κ2) is 9.78. The molecule has 3 aromatic carbocycles. The van der Waals surface area contributed by atoms with Crippen molar-refractivity contribution in [1.82, 2.24) is 5.32 Å². The number of carbonyl (C=O) groups is 2. The number of benzene rings is 3. The van der Waals surface area contributed by atoms with Crippen LogP contribution < -0.4 is 20.7 Å². The molecule has 3 N–H and O–H groups in total. The summed E-state index contributed by atoms with van der Waals surface area (Å²) in [7, 11) is 0. The molecule has 0 aliphatic carbocycles. The maximum atomic E-state index is 12.0. The number of urea groups is 1. The number of anilines is 2. The highest BCUT2D eigenvalue weighted by atomic mass is 16.5. The molecule has 3 aromatic rings. The van der Waals surface area contributed by atoms with E-state index in [1.165, 1.54) is 0 Å². The fourth-order valence-corrected chi connectivity index (χ4v) is 2.44. The van der Waals surface area contributed by atoms with Gasteiger partial charge >= 0.3 is 6.03 Å². The van der Waals surface area contributed by atoms with Crippen LogP contribution in [-0.4, -0.2) is 18.5 Å². The SMILES string of the molecule is O=C(CNC(=O)Nc1ccccc1)Nc1ccc(OCc2ccccc2)cc1. The number of hydrogen-bond donors (Lipinski definition) is 3. The first kappa shape index (κ1) is 19.0. The normalized spacial score (nSPS) is 10.0. The zero-order valence-electron chi connectivity index (χ0n) is 15.2. The van der Waals surface area contributed by atoms with Crippen molar-refractivity contribution in [2.75, 3.05) is 17.2 Å². The van der Waals surface area contributed by atoms with E-state index in [2.05, 4.69) is 16.0 Å². The molecule has 28 heavy (non-hydrogen) atoms. The molecule has 3 amide bonds. The van der Waals surface area contributed by atoms with Crippen molar-refractivity contribution in [2.24, 2.45) is 0 Å². The molecular formula is C22H21N3O3. The van der Waals surface area contributed by atoms with E-state index >= 15 is 0 Å². The Balaban J connectivity index is 1.40. The molecule has 0 aromatic heterocycles. The molecule has 0 unspecified atom stereocenters. The summed E-state index contributed by atoms with van der Waals surface area (Å²) in [4.78, 5) is 23.8. The lowest BCUT2D eigenvalue weighted by molar-refractivity contribution is -0.115. The summed E-state index contributed by atoms with van der Waals surface area (Å²) < 4.78 is 5.71. The van der Waals surface area contributed by atoms with E-state index in [1.54, 1.807) is 36.4 Å². The highest BCUT2D eigenvalue weighted by Crippen LogP contribution is 2.17. The molecule has 142 valence electrons. The summed E-state index contributed by atoms with van der Waals surface area (Å²) >= 11 is 0. The number of amides is 3. The maximum Gasteiger partial charge on any atom is 0.319 e. The minimum atomic E-state index is -0.439. The van der Waals surface area contributed by atoms with Gasteiger partial charge in [-0.05, 0) is 42.0 Å². The predicted molar refractivity (Wildman–Crippen MR) is 109 cm³/mol. The van der Waals surface area contributed by atoms with Crippen LogP contribution in [0.1, 0.15) is 5.56 Å². The highest BCUT2D eigenvalue weighted by Gasteiger charge is 2.06. The van der Waals surface area contributed by atoms with E-state index in [-0.39, 0.29) is 12.5 Å². The quantitative estimate of drug-likeness (QED) is 0.583. The summed E-state index contributed by atoms with van der Waals surface area (Å²) in [6.07, 6.45) is 0. The largest absolute Gasteiger partial charge is 0.489 e. The molecule has 0 fully saturated rings. The average Bonchev–Trinajstić information content (AvgIpc) is 2.73. The molecule has 0 radical (unpaired) electrons. The van der Waals surface area contributed by atoms with Gasteiger partial charge in [0.15, 0.2) is 0 Å². The third-order valence-electron chi connectivity index (χ3n) is 3.83. The van der Waals surface area contributed by atoms with Crippen molar-refractivity contribution in [2.45, 2.75) is 6.61 Å². The lowest BCUT2D eigenvalue weighted by atomic mass is 10.2. The number of carbonyl (C=O) groups excluding carboxylic acids is 2. The molecular weight excluding hydrogens is 354 g/mol. The van der Waals surface area contributed by atoms with E-state index in [9.17, 15) is 9.59 Å². The minimum Gasteiger partial charge on any atom is -0.489 e. The van der Waals surface area contributed by atoms with Gasteiger partial charge in [-0.2, -0.15) is 0 Å².